The van der Waals surface area contributed by atoms with Crippen LogP contribution < -0.4 is 9.47 Å². The number of aromatic nitrogens is 3. The lowest BCUT2D eigenvalue weighted by atomic mass is 10.1. The van der Waals surface area contributed by atoms with Gasteiger partial charge in [0.15, 0.2) is 16.8 Å². The van der Waals surface area contributed by atoms with Gasteiger partial charge in [-0.1, -0.05) is 30.0 Å². The Labute approximate surface area is 206 Å². The van der Waals surface area contributed by atoms with Gasteiger partial charge in [-0.05, 0) is 60.7 Å². The van der Waals surface area contributed by atoms with Crippen molar-refractivity contribution in [2.24, 2.45) is 0 Å². The third-order valence-corrected chi connectivity index (χ3v) is 6.06. The number of carbonyl (C=O) groups excluding carboxylic acids is 1. The number of aromatic hydroxyl groups is 2. The summed E-state index contributed by atoms with van der Waals surface area (Å²) >= 11 is 1.18. The Kier molecular flexibility index (Phi) is 7.37. The number of rotatable bonds is 9. The number of methoxy groups -OCH3 is 2. The minimum Gasteiger partial charge on any atom is -0.508 e. The molecule has 35 heavy (non-hydrogen) atoms. The van der Waals surface area contributed by atoms with Crippen LogP contribution in [0.3, 0.4) is 0 Å². The molecule has 1 aromatic heterocycles. The van der Waals surface area contributed by atoms with Crippen LogP contribution in [-0.2, 0) is 0 Å². The van der Waals surface area contributed by atoms with Crippen molar-refractivity contribution in [2.75, 3.05) is 20.0 Å². The summed E-state index contributed by atoms with van der Waals surface area (Å²) in [7, 11) is 3.20. The van der Waals surface area contributed by atoms with Crippen molar-refractivity contribution >= 4 is 29.7 Å². The molecule has 0 aliphatic heterocycles. The van der Waals surface area contributed by atoms with Crippen molar-refractivity contribution in [1.82, 2.24) is 14.8 Å². The van der Waals surface area contributed by atoms with Crippen molar-refractivity contribution in [3.8, 4) is 28.7 Å². The van der Waals surface area contributed by atoms with Gasteiger partial charge < -0.3 is 19.7 Å². The summed E-state index contributed by atoms with van der Waals surface area (Å²) in [6.07, 6.45) is 3.67. The number of Topliss-reactive ketones (excluding diaryl/α,β-unsaturated/α-hetero) is 1. The van der Waals surface area contributed by atoms with Crippen LogP contribution in [0.5, 0.6) is 23.0 Å². The maximum Gasteiger partial charge on any atom is 0.196 e. The first-order valence-electron chi connectivity index (χ1n) is 10.6. The number of carbonyl (C=O) groups is 1. The van der Waals surface area contributed by atoms with Crippen LogP contribution >= 0.6 is 11.8 Å². The van der Waals surface area contributed by atoms with Gasteiger partial charge in [-0.3, -0.25) is 9.36 Å². The number of ketones is 1. The standard InChI is InChI=1S/C26H23N3O5S/c1-33-20-10-12-24(34-2)17(14-20)8-13-25-27-28-26(29(25)18-6-4-3-5-7-18)35-16-23(32)21-15-19(30)9-11-22(21)31/h3-15,30-31H,16H2,1-2H3/b13-8+. The van der Waals surface area contributed by atoms with Crippen LogP contribution in [-0.4, -0.2) is 50.7 Å². The number of nitrogens with zero attached hydrogens (tertiary/aromatic N) is 3. The molecule has 4 aromatic rings. The zero-order chi connectivity index (χ0) is 24.8. The molecule has 0 saturated carbocycles. The third kappa shape index (κ3) is 5.47. The van der Waals surface area contributed by atoms with Crippen molar-refractivity contribution in [3.05, 3.63) is 83.7 Å². The fraction of sp³-hybridized carbons (Fsp3) is 0.115. The van der Waals surface area contributed by atoms with E-state index in [2.05, 4.69) is 10.2 Å². The molecular weight excluding hydrogens is 466 g/mol. The van der Waals surface area contributed by atoms with Gasteiger partial charge in [0.1, 0.15) is 23.0 Å². The van der Waals surface area contributed by atoms with E-state index < -0.39 is 0 Å². The highest BCUT2D eigenvalue weighted by Crippen LogP contribution is 2.29. The lowest BCUT2D eigenvalue weighted by Crippen LogP contribution is -2.05. The van der Waals surface area contributed by atoms with E-state index in [0.717, 1.165) is 11.3 Å². The second kappa shape index (κ2) is 10.8. The molecule has 0 aliphatic rings. The molecule has 0 radical (unpaired) electrons. The minimum absolute atomic E-state index is 0.00456. The van der Waals surface area contributed by atoms with Crippen LogP contribution in [0.4, 0.5) is 0 Å². The quantitative estimate of drug-likeness (QED) is 0.195. The number of thioether (sulfide) groups is 1. The van der Waals surface area contributed by atoms with Crippen LogP contribution in [0.15, 0.2) is 71.9 Å². The van der Waals surface area contributed by atoms with Crippen LogP contribution in [0.1, 0.15) is 21.7 Å². The minimum atomic E-state index is -0.343. The maximum atomic E-state index is 12.7. The van der Waals surface area contributed by atoms with Crippen molar-refractivity contribution in [2.45, 2.75) is 5.16 Å². The van der Waals surface area contributed by atoms with Crippen molar-refractivity contribution in [3.63, 3.8) is 0 Å². The zero-order valence-corrected chi connectivity index (χ0v) is 19.9. The van der Waals surface area contributed by atoms with Crippen LogP contribution in [0.25, 0.3) is 17.8 Å². The van der Waals surface area contributed by atoms with Crippen molar-refractivity contribution < 1.29 is 24.5 Å². The number of phenolic OH excluding ortho intramolecular Hbond substituents is 2. The highest BCUT2D eigenvalue weighted by Gasteiger charge is 2.17. The SMILES string of the molecule is COc1ccc(OC)c(/C=C/c2nnc(SCC(=O)c3cc(O)ccc3O)n2-c2ccccc2)c1. The Balaban J connectivity index is 1.65. The molecule has 0 atom stereocenters. The van der Waals surface area contributed by atoms with Gasteiger partial charge in [0.2, 0.25) is 0 Å². The Morgan fingerprint density at radius 2 is 1.77 bits per heavy atom. The summed E-state index contributed by atoms with van der Waals surface area (Å²) in [5, 5.41) is 28.8. The lowest BCUT2D eigenvalue weighted by molar-refractivity contribution is 0.101. The van der Waals surface area contributed by atoms with E-state index in [4.69, 9.17) is 9.47 Å². The normalized spacial score (nSPS) is 11.0. The molecule has 0 bridgehead atoms. The van der Waals surface area contributed by atoms with Gasteiger partial charge in [-0.15, -0.1) is 10.2 Å². The second-order valence-electron chi connectivity index (χ2n) is 7.37. The summed E-state index contributed by atoms with van der Waals surface area (Å²) < 4.78 is 12.6. The Morgan fingerprint density at radius 3 is 2.51 bits per heavy atom. The van der Waals surface area contributed by atoms with E-state index >= 15 is 0 Å². The van der Waals surface area contributed by atoms with E-state index in [9.17, 15) is 15.0 Å². The molecular formula is C26H23N3O5S. The number of para-hydroxylation sites is 1. The number of benzene rings is 3. The van der Waals surface area contributed by atoms with Crippen molar-refractivity contribution in [1.29, 1.82) is 0 Å². The van der Waals surface area contributed by atoms with E-state index in [-0.39, 0.29) is 28.6 Å². The van der Waals surface area contributed by atoms with Gasteiger partial charge in [0, 0.05) is 11.3 Å². The van der Waals surface area contributed by atoms with Gasteiger partial charge in [-0.2, -0.15) is 0 Å². The molecule has 3 aromatic carbocycles. The summed E-state index contributed by atoms with van der Waals surface area (Å²) in [5.74, 6) is 1.30. The monoisotopic (exact) mass is 489 g/mol. The largest absolute Gasteiger partial charge is 0.508 e. The second-order valence-corrected chi connectivity index (χ2v) is 8.31. The topological polar surface area (TPSA) is 107 Å². The zero-order valence-electron chi connectivity index (χ0n) is 19.1. The van der Waals surface area contributed by atoms with E-state index in [1.807, 2.05) is 65.3 Å². The molecule has 0 aliphatic carbocycles. The molecule has 9 heteroatoms. The molecule has 178 valence electrons. The Bertz CT molecular complexity index is 1370. The fourth-order valence-corrected chi connectivity index (χ4v) is 4.23. The van der Waals surface area contributed by atoms with Gasteiger partial charge in [-0.25, -0.2) is 0 Å². The van der Waals surface area contributed by atoms with Crippen LogP contribution in [0, 0.1) is 0 Å². The molecule has 0 spiro atoms. The Morgan fingerprint density at radius 1 is 0.971 bits per heavy atom. The number of hydrogen-bond acceptors (Lipinski definition) is 8. The van der Waals surface area contributed by atoms with E-state index in [1.54, 1.807) is 14.2 Å². The molecule has 0 saturated heterocycles. The van der Waals surface area contributed by atoms with E-state index in [0.29, 0.717) is 22.5 Å². The molecule has 0 unspecified atom stereocenters. The molecule has 0 amide bonds. The summed E-state index contributed by atoms with van der Waals surface area (Å²) in [6, 6.07) is 18.9. The highest BCUT2D eigenvalue weighted by molar-refractivity contribution is 7.99. The molecule has 0 fully saturated rings. The molecule has 8 nitrogen and oxygen atoms in total. The first-order chi connectivity index (χ1) is 17.0. The smallest absolute Gasteiger partial charge is 0.196 e. The fourth-order valence-electron chi connectivity index (χ4n) is 3.39. The first-order valence-corrected chi connectivity index (χ1v) is 11.6. The average Bonchev–Trinajstić information content (AvgIpc) is 3.30. The Hall–Kier alpha value is -4.24. The number of phenols is 2. The van der Waals surface area contributed by atoms with Gasteiger partial charge >= 0.3 is 0 Å². The molecule has 4 rings (SSSR count). The summed E-state index contributed by atoms with van der Waals surface area (Å²) in [4.78, 5) is 12.7. The first kappa shape index (κ1) is 23.9. The third-order valence-electron chi connectivity index (χ3n) is 5.13. The summed E-state index contributed by atoms with van der Waals surface area (Å²) in [6.45, 7) is 0. The average molecular weight is 490 g/mol. The predicted octanol–water partition coefficient (Wildman–Crippen LogP) is 4.84. The van der Waals surface area contributed by atoms with Gasteiger partial charge in [0.05, 0.1) is 25.5 Å². The maximum absolute atomic E-state index is 12.7. The lowest BCUT2D eigenvalue weighted by Gasteiger charge is -2.09. The number of hydrogen-bond donors (Lipinski definition) is 2. The van der Waals surface area contributed by atoms with E-state index in [1.165, 1.54) is 30.0 Å². The summed E-state index contributed by atoms with van der Waals surface area (Å²) in [5.41, 5.74) is 1.68. The van der Waals surface area contributed by atoms with Gasteiger partial charge in [0.25, 0.3) is 0 Å². The number of ether oxygens (including phenoxy) is 2. The highest BCUT2D eigenvalue weighted by atomic mass is 32.2. The predicted molar refractivity (Wildman–Crippen MR) is 135 cm³/mol. The molecule has 2 N–H and O–H groups in total. The molecule has 1 heterocycles. The van der Waals surface area contributed by atoms with Crippen LogP contribution in [0.2, 0.25) is 0 Å².